The molecule has 0 radical (unpaired) electrons. The lowest BCUT2D eigenvalue weighted by Gasteiger charge is -2.08. The van der Waals surface area contributed by atoms with E-state index < -0.39 is 0 Å². The number of benzene rings is 3. The first kappa shape index (κ1) is 16.9. The van der Waals surface area contributed by atoms with Crippen molar-refractivity contribution in [1.29, 1.82) is 0 Å². The normalized spacial score (nSPS) is 10.6. The summed E-state index contributed by atoms with van der Waals surface area (Å²) in [5.74, 6) is 1.62. The molecular weight excluding hydrogens is 334 g/mol. The minimum atomic E-state index is 0.800. The lowest BCUT2D eigenvalue weighted by molar-refractivity contribution is 0.414. The molecule has 0 saturated heterocycles. The van der Waals surface area contributed by atoms with Gasteiger partial charge in [-0.3, -0.25) is 0 Å². The highest BCUT2D eigenvalue weighted by Crippen LogP contribution is 2.28. The molecule has 4 rings (SSSR count). The molecule has 0 aliphatic rings. The first-order valence-corrected chi connectivity index (χ1v) is 8.86. The number of rotatable bonds is 5. The van der Waals surface area contributed by atoms with Gasteiger partial charge in [-0.25, -0.2) is 4.68 Å². The Hall–Kier alpha value is -3.53. The lowest BCUT2D eigenvalue weighted by Crippen LogP contribution is -2.00. The Morgan fingerprint density at radius 2 is 1.56 bits per heavy atom. The van der Waals surface area contributed by atoms with Crippen LogP contribution in [0.4, 0.5) is 11.5 Å². The average Bonchev–Trinajstić information content (AvgIpc) is 3.14. The maximum absolute atomic E-state index is 5.27. The molecule has 0 spiro atoms. The highest BCUT2D eigenvalue weighted by molar-refractivity contribution is 5.68. The van der Waals surface area contributed by atoms with Gasteiger partial charge in [0.05, 0.1) is 18.5 Å². The van der Waals surface area contributed by atoms with E-state index in [1.54, 1.807) is 7.11 Å². The van der Waals surface area contributed by atoms with Crippen LogP contribution in [0.3, 0.4) is 0 Å². The molecule has 4 aromatic rings. The van der Waals surface area contributed by atoms with Crippen molar-refractivity contribution in [3.8, 4) is 22.7 Å². The number of nitrogens with one attached hydrogen (secondary N) is 1. The van der Waals surface area contributed by atoms with Crippen molar-refractivity contribution >= 4 is 11.5 Å². The summed E-state index contributed by atoms with van der Waals surface area (Å²) in [7, 11) is 1.67. The van der Waals surface area contributed by atoms with Crippen LogP contribution in [-0.2, 0) is 0 Å². The summed E-state index contributed by atoms with van der Waals surface area (Å²) in [6.45, 7) is 2.08. The molecule has 4 nitrogen and oxygen atoms in total. The third-order valence-corrected chi connectivity index (χ3v) is 4.42. The molecule has 3 aromatic carbocycles. The van der Waals surface area contributed by atoms with Crippen LogP contribution in [0.15, 0.2) is 84.9 Å². The van der Waals surface area contributed by atoms with E-state index in [-0.39, 0.29) is 0 Å². The Balaban J connectivity index is 1.75. The molecular formula is C23H21N3O. The second-order valence-corrected chi connectivity index (χ2v) is 6.38. The zero-order valence-electron chi connectivity index (χ0n) is 15.4. The van der Waals surface area contributed by atoms with Crippen LogP contribution >= 0.6 is 0 Å². The van der Waals surface area contributed by atoms with Gasteiger partial charge < -0.3 is 10.1 Å². The Morgan fingerprint density at radius 3 is 2.22 bits per heavy atom. The number of anilines is 2. The predicted molar refractivity (Wildman–Crippen MR) is 110 cm³/mol. The SMILES string of the molecule is COc1ccc(-n2nc(Nc3ccc(C)cc3)cc2-c2ccccc2)cc1. The third-order valence-electron chi connectivity index (χ3n) is 4.42. The number of hydrogen-bond acceptors (Lipinski definition) is 3. The molecule has 0 atom stereocenters. The molecule has 0 unspecified atom stereocenters. The van der Waals surface area contributed by atoms with Gasteiger partial charge in [-0.2, -0.15) is 0 Å². The van der Waals surface area contributed by atoms with E-state index in [1.807, 2.05) is 47.1 Å². The Morgan fingerprint density at radius 1 is 0.852 bits per heavy atom. The van der Waals surface area contributed by atoms with Crippen molar-refractivity contribution in [2.45, 2.75) is 6.92 Å². The minimum absolute atomic E-state index is 0.800. The average molecular weight is 355 g/mol. The first-order chi connectivity index (χ1) is 13.2. The summed E-state index contributed by atoms with van der Waals surface area (Å²) in [6.07, 6.45) is 0. The van der Waals surface area contributed by atoms with Crippen LogP contribution < -0.4 is 10.1 Å². The molecule has 1 aromatic heterocycles. The van der Waals surface area contributed by atoms with Crippen LogP contribution in [0.1, 0.15) is 5.56 Å². The van der Waals surface area contributed by atoms with E-state index in [1.165, 1.54) is 5.56 Å². The van der Waals surface area contributed by atoms with Crippen molar-refractivity contribution in [2.24, 2.45) is 0 Å². The predicted octanol–water partition coefficient (Wildman–Crippen LogP) is 5.60. The van der Waals surface area contributed by atoms with Gasteiger partial charge in [-0.15, -0.1) is 5.10 Å². The van der Waals surface area contributed by atoms with Gasteiger partial charge in [0.1, 0.15) is 5.75 Å². The molecule has 0 bridgehead atoms. The summed E-state index contributed by atoms with van der Waals surface area (Å²) in [4.78, 5) is 0. The second-order valence-electron chi connectivity index (χ2n) is 6.38. The van der Waals surface area contributed by atoms with E-state index in [2.05, 4.69) is 54.7 Å². The van der Waals surface area contributed by atoms with Crippen molar-refractivity contribution < 1.29 is 4.74 Å². The highest BCUT2D eigenvalue weighted by atomic mass is 16.5. The number of methoxy groups -OCH3 is 1. The van der Waals surface area contributed by atoms with Crippen molar-refractivity contribution in [3.05, 3.63) is 90.5 Å². The molecule has 0 fully saturated rings. The summed E-state index contributed by atoms with van der Waals surface area (Å²) in [5, 5.41) is 8.19. The van der Waals surface area contributed by atoms with Gasteiger partial charge in [0.25, 0.3) is 0 Å². The van der Waals surface area contributed by atoms with Crippen LogP contribution in [0.2, 0.25) is 0 Å². The first-order valence-electron chi connectivity index (χ1n) is 8.86. The maximum Gasteiger partial charge on any atom is 0.153 e. The maximum atomic E-state index is 5.27. The molecule has 27 heavy (non-hydrogen) atoms. The number of nitrogens with zero attached hydrogens (tertiary/aromatic N) is 2. The second kappa shape index (κ2) is 7.38. The highest BCUT2D eigenvalue weighted by Gasteiger charge is 2.12. The fourth-order valence-electron chi connectivity index (χ4n) is 2.96. The van der Waals surface area contributed by atoms with E-state index in [4.69, 9.17) is 9.84 Å². The number of aryl methyl sites for hydroxylation is 1. The molecule has 0 aliphatic carbocycles. The largest absolute Gasteiger partial charge is 0.497 e. The van der Waals surface area contributed by atoms with E-state index in [0.717, 1.165) is 34.2 Å². The van der Waals surface area contributed by atoms with E-state index >= 15 is 0 Å². The Labute approximate surface area is 159 Å². The Bertz CT molecular complexity index is 1020. The number of hydrogen-bond donors (Lipinski definition) is 1. The topological polar surface area (TPSA) is 39.1 Å². The van der Waals surface area contributed by atoms with Crippen LogP contribution in [0, 0.1) is 6.92 Å². The Kier molecular flexibility index (Phi) is 4.62. The molecule has 4 heteroatoms. The van der Waals surface area contributed by atoms with Gasteiger partial charge in [-0.1, -0.05) is 48.0 Å². The van der Waals surface area contributed by atoms with Gasteiger partial charge in [0, 0.05) is 17.3 Å². The summed E-state index contributed by atoms with van der Waals surface area (Å²) in [6, 6.07) is 28.5. The molecule has 0 aliphatic heterocycles. The standard InChI is InChI=1S/C23H21N3O/c1-17-8-10-19(11-9-17)24-23-16-22(18-6-4-3-5-7-18)26(25-23)20-12-14-21(27-2)15-13-20/h3-16H,1-2H3,(H,24,25). The third kappa shape index (κ3) is 3.70. The molecule has 0 amide bonds. The van der Waals surface area contributed by atoms with Gasteiger partial charge >= 0.3 is 0 Å². The minimum Gasteiger partial charge on any atom is -0.497 e. The van der Waals surface area contributed by atoms with Crippen LogP contribution in [0.5, 0.6) is 5.75 Å². The molecule has 0 saturated carbocycles. The van der Waals surface area contributed by atoms with Gasteiger partial charge in [0.2, 0.25) is 0 Å². The van der Waals surface area contributed by atoms with Crippen LogP contribution in [0.25, 0.3) is 16.9 Å². The molecule has 134 valence electrons. The fourth-order valence-corrected chi connectivity index (χ4v) is 2.96. The van der Waals surface area contributed by atoms with E-state index in [9.17, 15) is 0 Å². The van der Waals surface area contributed by atoms with Gasteiger partial charge in [0.15, 0.2) is 5.82 Å². The number of aromatic nitrogens is 2. The summed E-state index contributed by atoms with van der Waals surface area (Å²) < 4.78 is 7.22. The summed E-state index contributed by atoms with van der Waals surface area (Å²) >= 11 is 0. The molecule has 1 N–H and O–H groups in total. The molecule has 1 heterocycles. The van der Waals surface area contributed by atoms with Crippen molar-refractivity contribution in [3.63, 3.8) is 0 Å². The number of ether oxygens (including phenoxy) is 1. The van der Waals surface area contributed by atoms with Crippen LogP contribution in [-0.4, -0.2) is 16.9 Å². The van der Waals surface area contributed by atoms with Crippen molar-refractivity contribution in [2.75, 3.05) is 12.4 Å². The summed E-state index contributed by atoms with van der Waals surface area (Å²) in [5.41, 5.74) is 5.36. The lowest BCUT2D eigenvalue weighted by atomic mass is 10.1. The zero-order valence-corrected chi connectivity index (χ0v) is 15.4. The zero-order chi connectivity index (χ0) is 18.6. The monoisotopic (exact) mass is 355 g/mol. The van der Waals surface area contributed by atoms with E-state index in [0.29, 0.717) is 0 Å². The van der Waals surface area contributed by atoms with Gasteiger partial charge in [-0.05, 0) is 43.3 Å². The fraction of sp³-hybridized carbons (Fsp3) is 0.0870. The smallest absolute Gasteiger partial charge is 0.153 e. The quantitative estimate of drug-likeness (QED) is 0.506. The van der Waals surface area contributed by atoms with Crippen molar-refractivity contribution in [1.82, 2.24) is 9.78 Å².